The summed E-state index contributed by atoms with van der Waals surface area (Å²) >= 11 is 0. The van der Waals surface area contributed by atoms with Crippen LogP contribution < -0.4 is 10.4 Å². The normalized spacial score (nSPS) is 22.9. The summed E-state index contributed by atoms with van der Waals surface area (Å²) in [6, 6.07) is 5.97. The van der Waals surface area contributed by atoms with E-state index in [-0.39, 0.29) is 16.0 Å². The van der Waals surface area contributed by atoms with Crippen LogP contribution >= 0.6 is 0 Å². The topological polar surface area (TPSA) is 64.8 Å². The molecule has 1 aliphatic heterocycles. The molecule has 7 heteroatoms. The van der Waals surface area contributed by atoms with E-state index < -0.39 is 7.12 Å². The van der Waals surface area contributed by atoms with Crippen molar-refractivity contribution in [2.24, 2.45) is 11.3 Å². The first-order valence-corrected chi connectivity index (χ1v) is 10.7. The Balaban J connectivity index is 1.60. The summed E-state index contributed by atoms with van der Waals surface area (Å²) < 4.78 is 11.7. The maximum Gasteiger partial charge on any atom is 0.494 e. The molecule has 0 unspecified atom stereocenters. The Labute approximate surface area is 167 Å². The zero-order chi connectivity index (χ0) is 19.7. The molecular formula is C21H31BN2O4. The van der Waals surface area contributed by atoms with E-state index in [0.717, 1.165) is 30.5 Å². The van der Waals surface area contributed by atoms with Crippen LogP contribution in [0.3, 0.4) is 0 Å². The molecule has 2 aliphatic carbocycles. The van der Waals surface area contributed by atoms with Crippen molar-refractivity contribution < 1.29 is 14.2 Å². The van der Waals surface area contributed by atoms with Gasteiger partial charge in [0, 0.05) is 37.3 Å². The molecule has 2 saturated carbocycles. The zero-order valence-corrected chi connectivity index (χ0v) is 17.1. The van der Waals surface area contributed by atoms with Gasteiger partial charge in [0.15, 0.2) is 0 Å². The van der Waals surface area contributed by atoms with Crippen molar-refractivity contribution in [1.82, 2.24) is 0 Å². The van der Waals surface area contributed by atoms with Crippen LogP contribution in [0, 0.1) is 21.4 Å². The van der Waals surface area contributed by atoms with Gasteiger partial charge in [-0.2, -0.15) is 0 Å². The summed E-state index contributed by atoms with van der Waals surface area (Å²) in [5.41, 5.74) is 1.66. The smallest absolute Gasteiger partial charge is 0.407 e. The molecule has 0 N–H and O–H groups in total. The van der Waals surface area contributed by atoms with Crippen LogP contribution in [-0.4, -0.2) is 37.8 Å². The first-order valence-electron chi connectivity index (χ1n) is 10.7. The van der Waals surface area contributed by atoms with E-state index in [1.807, 2.05) is 12.1 Å². The lowest BCUT2D eigenvalue weighted by Gasteiger charge is -2.36. The summed E-state index contributed by atoms with van der Waals surface area (Å²) in [5, 5.41) is 11.9. The number of rotatable bonds is 6. The van der Waals surface area contributed by atoms with Crippen molar-refractivity contribution in [2.45, 2.75) is 64.8 Å². The first-order chi connectivity index (χ1) is 13.4. The number of nitrogens with zero attached hydrogens (tertiary/aromatic N) is 2. The number of anilines is 1. The van der Waals surface area contributed by atoms with E-state index in [2.05, 4.69) is 18.7 Å². The van der Waals surface area contributed by atoms with E-state index in [9.17, 15) is 10.1 Å². The first kappa shape index (κ1) is 19.7. The van der Waals surface area contributed by atoms with Gasteiger partial charge in [-0.1, -0.05) is 39.2 Å². The minimum absolute atomic E-state index is 0.0234. The fraction of sp³-hybridized carbons (Fsp3) is 0.714. The fourth-order valence-corrected chi connectivity index (χ4v) is 4.38. The number of nitro groups is 1. The molecular weight excluding hydrogens is 355 g/mol. The van der Waals surface area contributed by atoms with Gasteiger partial charge in [-0.15, -0.1) is 0 Å². The Morgan fingerprint density at radius 1 is 1.14 bits per heavy atom. The molecule has 0 radical (unpaired) electrons. The van der Waals surface area contributed by atoms with Crippen molar-refractivity contribution in [3.8, 4) is 0 Å². The Bertz CT molecular complexity index is 706. The number of hydrogen-bond acceptors (Lipinski definition) is 5. The number of nitro benzene ring substituents is 1. The second kappa shape index (κ2) is 8.03. The van der Waals surface area contributed by atoms with Crippen LogP contribution in [0.5, 0.6) is 0 Å². The average Bonchev–Trinajstić information content (AvgIpc) is 3.51. The lowest BCUT2D eigenvalue weighted by atomic mass is 9.75. The van der Waals surface area contributed by atoms with Crippen molar-refractivity contribution in [1.29, 1.82) is 0 Å². The predicted octanol–water partition coefficient (Wildman–Crippen LogP) is 3.91. The molecule has 152 valence electrons. The number of benzene rings is 1. The Hall–Kier alpha value is -1.60. The molecule has 28 heavy (non-hydrogen) atoms. The second-order valence-electron chi connectivity index (χ2n) is 9.51. The van der Waals surface area contributed by atoms with Gasteiger partial charge in [-0.05, 0) is 43.1 Å². The highest BCUT2D eigenvalue weighted by molar-refractivity contribution is 6.61. The molecule has 0 aromatic heterocycles. The predicted molar refractivity (Wildman–Crippen MR) is 111 cm³/mol. The molecule has 0 atom stereocenters. The molecule has 1 saturated heterocycles. The maximum atomic E-state index is 11.9. The van der Waals surface area contributed by atoms with Crippen LogP contribution in [0.25, 0.3) is 0 Å². The van der Waals surface area contributed by atoms with Crippen LogP contribution in [0.4, 0.5) is 11.4 Å². The van der Waals surface area contributed by atoms with Gasteiger partial charge in [0.1, 0.15) is 5.69 Å². The maximum absolute atomic E-state index is 11.9. The van der Waals surface area contributed by atoms with Gasteiger partial charge in [0.05, 0.1) is 4.92 Å². The third-order valence-corrected chi connectivity index (χ3v) is 6.20. The summed E-state index contributed by atoms with van der Waals surface area (Å²) in [6.45, 7) is 6.30. The summed E-state index contributed by atoms with van der Waals surface area (Å²) in [4.78, 5) is 14.0. The molecule has 0 spiro atoms. The van der Waals surface area contributed by atoms with Crippen molar-refractivity contribution >= 4 is 24.0 Å². The van der Waals surface area contributed by atoms with Gasteiger partial charge in [0.2, 0.25) is 0 Å². The molecule has 0 amide bonds. The van der Waals surface area contributed by atoms with E-state index in [1.165, 1.54) is 32.1 Å². The Kier molecular flexibility index (Phi) is 5.65. The molecule has 1 heterocycles. The highest BCUT2D eigenvalue weighted by Crippen LogP contribution is 2.38. The Morgan fingerprint density at radius 2 is 1.82 bits per heavy atom. The van der Waals surface area contributed by atoms with Crippen LogP contribution in [0.1, 0.15) is 58.8 Å². The fourth-order valence-electron chi connectivity index (χ4n) is 4.38. The van der Waals surface area contributed by atoms with Crippen LogP contribution in [-0.2, 0) is 9.31 Å². The minimum Gasteiger partial charge on any atom is -0.407 e. The van der Waals surface area contributed by atoms with Crippen molar-refractivity contribution in [3.05, 3.63) is 28.3 Å². The molecule has 3 fully saturated rings. The SMILES string of the molecule is CC1(C)COB(c2ccc(N(CC3CC3)C3CCCCC3)c([N+](=O)[O-])c2)OC1. The van der Waals surface area contributed by atoms with Crippen molar-refractivity contribution in [3.63, 3.8) is 0 Å². The molecule has 3 aliphatic rings. The average molecular weight is 386 g/mol. The van der Waals surface area contributed by atoms with Gasteiger partial charge in [-0.3, -0.25) is 10.1 Å². The third kappa shape index (κ3) is 4.52. The van der Waals surface area contributed by atoms with Crippen molar-refractivity contribution in [2.75, 3.05) is 24.7 Å². The van der Waals surface area contributed by atoms with E-state index in [0.29, 0.717) is 25.2 Å². The Morgan fingerprint density at radius 3 is 2.43 bits per heavy atom. The highest BCUT2D eigenvalue weighted by atomic mass is 16.6. The third-order valence-electron chi connectivity index (χ3n) is 6.20. The quantitative estimate of drug-likeness (QED) is 0.421. The summed E-state index contributed by atoms with van der Waals surface area (Å²) in [5.74, 6) is 0.688. The van der Waals surface area contributed by atoms with Gasteiger partial charge < -0.3 is 14.2 Å². The molecule has 1 aromatic carbocycles. The van der Waals surface area contributed by atoms with E-state index in [4.69, 9.17) is 9.31 Å². The zero-order valence-electron chi connectivity index (χ0n) is 17.1. The molecule has 6 nitrogen and oxygen atoms in total. The van der Waals surface area contributed by atoms with E-state index >= 15 is 0 Å². The lowest BCUT2D eigenvalue weighted by Crippen LogP contribution is -2.47. The van der Waals surface area contributed by atoms with Crippen LogP contribution in [0.15, 0.2) is 18.2 Å². The summed E-state index contributed by atoms with van der Waals surface area (Å²) in [7, 11) is -0.521. The highest BCUT2D eigenvalue weighted by Gasteiger charge is 2.36. The van der Waals surface area contributed by atoms with Gasteiger partial charge in [0.25, 0.3) is 5.69 Å². The second-order valence-corrected chi connectivity index (χ2v) is 9.51. The lowest BCUT2D eigenvalue weighted by molar-refractivity contribution is -0.384. The standard InChI is InChI=1S/C21H31BN2O4/c1-21(2)14-27-22(28-15-21)17-10-11-19(20(12-17)24(25)26)23(13-16-8-9-16)18-6-4-3-5-7-18/h10-12,16,18H,3-9,13-15H2,1-2H3. The summed E-state index contributed by atoms with van der Waals surface area (Å²) in [6.07, 6.45) is 8.48. The van der Waals surface area contributed by atoms with Gasteiger partial charge in [-0.25, -0.2) is 0 Å². The monoisotopic (exact) mass is 386 g/mol. The minimum atomic E-state index is -0.521. The largest absolute Gasteiger partial charge is 0.494 e. The molecule has 4 rings (SSSR count). The molecule has 1 aromatic rings. The van der Waals surface area contributed by atoms with E-state index in [1.54, 1.807) is 6.07 Å². The molecule has 0 bridgehead atoms. The van der Waals surface area contributed by atoms with Crippen LogP contribution in [0.2, 0.25) is 0 Å². The van der Waals surface area contributed by atoms with Gasteiger partial charge >= 0.3 is 7.12 Å². The number of hydrogen-bond donors (Lipinski definition) is 0.